The lowest BCUT2D eigenvalue weighted by atomic mass is 9.89. The summed E-state index contributed by atoms with van der Waals surface area (Å²) in [5, 5.41) is 0. The molecule has 5 nitrogen and oxygen atoms in total. The number of aromatic nitrogens is 2. The Labute approximate surface area is 134 Å². The topological polar surface area (TPSA) is 27.5 Å². The van der Waals surface area contributed by atoms with Crippen LogP contribution in [0.4, 0.5) is 0 Å². The van der Waals surface area contributed by atoms with Gasteiger partial charge < -0.3 is 9.47 Å². The molecule has 0 saturated carbocycles. The van der Waals surface area contributed by atoms with Crippen LogP contribution >= 0.6 is 0 Å². The number of piperazine rings is 1. The van der Waals surface area contributed by atoms with Gasteiger partial charge in [-0.2, -0.15) is 0 Å². The van der Waals surface area contributed by atoms with E-state index >= 15 is 0 Å². The standard InChI is InChI=1S/C17H31N5/c1-15(22-12-10-19(2)11-13-22)16-4-7-21(8-5-16)14-17-18-6-9-20(17)3/h6,9,15-16H,4-5,7-8,10-14H2,1-3H3/t15-/m0/s1. The molecule has 2 fully saturated rings. The van der Waals surface area contributed by atoms with Crippen LogP contribution in [0.5, 0.6) is 0 Å². The zero-order valence-electron chi connectivity index (χ0n) is 14.4. The lowest BCUT2D eigenvalue weighted by Gasteiger charge is -2.42. The van der Waals surface area contributed by atoms with Crippen molar-refractivity contribution in [3.8, 4) is 0 Å². The van der Waals surface area contributed by atoms with Crippen LogP contribution in [-0.2, 0) is 13.6 Å². The van der Waals surface area contributed by atoms with Gasteiger partial charge in [-0.1, -0.05) is 0 Å². The molecular formula is C17H31N5. The second-order valence-electron chi connectivity index (χ2n) is 7.15. The number of likely N-dealkylation sites (N-methyl/N-ethyl adjacent to an activating group) is 1. The van der Waals surface area contributed by atoms with Crippen molar-refractivity contribution < 1.29 is 0 Å². The molecule has 0 unspecified atom stereocenters. The van der Waals surface area contributed by atoms with E-state index < -0.39 is 0 Å². The minimum Gasteiger partial charge on any atom is -0.337 e. The van der Waals surface area contributed by atoms with Crippen LogP contribution in [0, 0.1) is 5.92 Å². The highest BCUT2D eigenvalue weighted by atomic mass is 15.3. The highest BCUT2D eigenvalue weighted by molar-refractivity contribution is 4.92. The Morgan fingerprint density at radius 3 is 2.36 bits per heavy atom. The van der Waals surface area contributed by atoms with Gasteiger partial charge in [-0.05, 0) is 45.8 Å². The van der Waals surface area contributed by atoms with Crippen LogP contribution < -0.4 is 0 Å². The summed E-state index contributed by atoms with van der Waals surface area (Å²) in [6.45, 7) is 10.8. The molecule has 1 atom stereocenters. The van der Waals surface area contributed by atoms with E-state index in [1.54, 1.807) is 0 Å². The summed E-state index contributed by atoms with van der Waals surface area (Å²) >= 11 is 0. The molecule has 124 valence electrons. The second-order valence-corrected chi connectivity index (χ2v) is 7.15. The zero-order valence-corrected chi connectivity index (χ0v) is 14.4. The average Bonchev–Trinajstić information content (AvgIpc) is 2.93. The molecule has 5 heteroatoms. The fourth-order valence-electron chi connectivity index (χ4n) is 3.87. The molecule has 0 amide bonds. The summed E-state index contributed by atoms with van der Waals surface area (Å²) in [5.41, 5.74) is 0. The number of imidazole rings is 1. The molecule has 0 bridgehead atoms. The maximum absolute atomic E-state index is 4.45. The first-order valence-electron chi connectivity index (χ1n) is 8.74. The molecule has 0 N–H and O–H groups in total. The quantitative estimate of drug-likeness (QED) is 0.837. The predicted octanol–water partition coefficient (Wildman–Crippen LogP) is 1.27. The number of aryl methyl sites for hydroxylation is 1. The van der Waals surface area contributed by atoms with Crippen LogP contribution in [-0.4, -0.2) is 76.6 Å². The zero-order chi connectivity index (χ0) is 15.5. The summed E-state index contributed by atoms with van der Waals surface area (Å²) in [4.78, 5) is 12.2. The van der Waals surface area contributed by atoms with Gasteiger partial charge in [-0.3, -0.25) is 9.80 Å². The minimum atomic E-state index is 0.740. The first-order chi connectivity index (χ1) is 10.6. The van der Waals surface area contributed by atoms with Crippen LogP contribution in [0.3, 0.4) is 0 Å². The number of likely N-dealkylation sites (tertiary alicyclic amines) is 1. The van der Waals surface area contributed by atoms with Gasteiger partial charge in [0.1, 0.15) is 5.82 Å². The summed E-state index contributed by atoms with van der Waals surface area (Å²) in [7, 11) is 4.32. The first kappa shape index (κ1) is 16.0. The van der Waals surface area contributed by atoms with Gasteiger partial charge in [0.15, 0.2) is 0 Å². The Balaban J connectivity index is 1.46. The van der Waals surface area contributed by atoms with Gasteiger partial charge in [0.25, 0.3) is 0 Å². The smallest absolute Gasteiger partial charge is 0.122 e. The SMILES string of the molecule is C[C@@H](C1CCN(Cc2nccn2C)CC1)N1CCN(C)CC1. The lowest BCUT2D eigenvalue weighted by molar-refractivity contribution is 0.0591. The van der Waals surface area contributed by atoms with E-state index in [9.17, 15) is 0 Å². The van der Waals surface area contributed by atoms with Crippen molar-refractivity contribution in [2.24, 2.45) is 13.0 Å². The number of hydrogen-bond donors (Lipinski definition) is 0. The molecule has 3 heterocycles. The van der Waals surface area contributed by atoms with Crippen LogP contribution in [0.25, 0.3) is 0 Å². The molecule has 22 heavy (non-hydrogen) atoms. The number of hydrogen-bond acceptors (Lipinski definition) is 4. The molecule has 2 saturated heterocycles. The summed E-state index contributed by atoms with van der Waals surface area (Å²) in [6.07, 6.45) is 6.60. The first-order valence-corrected chi connectivity index (χ1v) is 8.74. The molecule has 2 aliphatic heterocycles. The third-order valence-electron chi connectivity index (χ3n) is 5.71. The van der Waals surface area contributed by atoms with Gasteiger partial charge in [-0.25, -0.2) is 4.98 Å². The van der Waals surface area contributed by atoms with E-state index in [1.807, 2.05) is 12.4 Å². The van der Waals surface area contributed by atoms with Crippen molar-refractivity contribution in [3.63, 3.8) is 0 Å². The van der Waals surface area contributed by atoms with Crippen LogP contribution in [0.2, 0.25) is 0 Å². The maximum Gasteiger partial charge on any atom is 0.122 e. The number of rotatable bonds is 4. The molecule has 2 aliphatic rings. The largest absolute Gasteiger partial charge is 0.337 e. The fourth-order valence-corrected chi connectivity index (χ4v) is 3.87. The van der Waals surface area contributed by atoms with Crippen molar-refractivity contribution in [1.82, 2.24) is 24.3 Å². The predicted molar refractivity (Wildman–Crippen MR) is 89.7 cm³/mol. The van der Waals surface area contributed by atoms with E-state index in [4.69, 9.17) is 0 Å². The molecule has 3 rings (SSSR count). The molecule has 0 aromatic carbocycles. The third kappa shape index (κ3) is 3.70. The second kappa shape index (κ2) is 7.11. The Morgan fingerprint density at radius 2 is 1.77 bits per heavy atom. The lowest BCUT2D eigenvalue weighted by Crippen LogP contribution is -2.51. The van der Waals surface area contributed by atoms with Gasteiger partial charge in [-0.15, -0.1) is 0 Å². The van der Waals surface area contributed by atoms with Gasteiger partial charge in [0.05, 0.1) is 6.54 Å². The highest BCUT2D eigenvalue weighted by Crippen LogP contribution is 2.25. The van der Waals surface area contributed by atoms with E-state index in [0.29, 0.717) is 0 Å². The van der Waals surface area contributed by atoms with Crippen molar-refractivity contribution in [2.75, 3.05) is 46.3 Å². The summed E-state index contributed by atoms with van der Waals surface area (Å²) in [6, 6.07) is 0.740. The Kier molecular flexibility index (Phi) is 5.16. The van der Waals surface area contributed by atoms with E-state index in [1.165, 1.54) is 57.9 Å². The van der Waals surface area contributed by atoms with Crippen molar-refractivity contribution >= 4 is 0 Å². The van der Waals surface area contributed by atoms with Crippen molar-refractivity contribution in [3.05, 3.63) is 18.2 Å². The summed E-state index contributed by atoms with van der Waals surface area (Å²) < 4.78 is 2.14. The third-order valence-corrected chi connectivity index (χ3v) is 5.71. The Bertz CT molecular complexity index is 455. The molecule has 1 aromatic heterocycles. The monoisotopic (exact) mass is 305 g/mol. The van der Waals surface area contributed by atoms with E-state index in [0.717, 1.165) is 18.5 Å². The van der Waals surface area contributed by atoms with Gasteiger partial charge in [0, 0.05) is 51.7 Å². The van der Waals surface area contributed by atoms with Crippen molar-refractivity contribution in [1.29, 1.82) is 0 Å². The maximum atomic E-state index is 4.45. The fraction of sp³-hybridized carbons (Fsp3) is 0.824. The van der Waals surface area contributed by atoms with Gasteiger partial charge >= 0.3 is 0 Å². The Hall–Kier alpha value is -0.910. The molecule has 0 spiro atoms. The van der Waals surface area contributed by atoms with Gasteiger partial charge in [0.2, 0.25) is 0 Å². The minimum absolute atomic E-state index is 0.740. The van der Waals surface area contributed by atoms with E-state index in [-0.39, 0.29) is 0 Å². The highest BCUT2D eigenvalue weighted by Gasteiger charge is 2.29. The Morgan fingerprint density at radius 1 is 1.09 bits per heavy atom. The average molecular weight is 305 g/mol. The molecular weight excluding hydrogens is 274 g/mol. The molecule has 0 aliphatic carbocycles. The number of nitrogens with zero attached hydrogens (tertiary/aromatic N) is 5. The summed E-state index contributed by atoms with van der Waals surface area (Å²) in [5.74, 6) is 2.05. The van der Waals surface area contributed by atoms with Crippen molar-refractivity contribution in [2.45, 2.75) is 32.4 Å². The van der Waals surface area contributed by atoms with Crippen LogP contribution in [0.15, 0.2) is 12.4 Å². The normalized spacial score (nSPS) is 24.7. The van der Waals surface area contributed by atoms with E-state index in [2.05, 4.69) is 45.3 Å². The molecule has 0 radical (unpaired) electrons. The van der Waals surface area contributed by atoms with Crippen LogP contribution in [0.1, 0.15) is 25.6 Å². The number of piperidine rings is 1. The molecule has 1 aromatic rings.